The third-order valence-corrected chi connectivity index (χ3v) is 6.59. The minimum atomic E-state index is -0.695. The molecule has 0 spiro atoms. The van der Waals surface area contributed by atoms with Crippen LogP contribution in [0.4, 0.5) is 0 Å². The number of aliphatic hydroxyl groups excluding tert-OH is 1. The zero-order chi connectivity index (χ0) is 24.0. The lowest BCUT2D eigenvalue weighted by Crippen LogP contribution is -2.37. The molecule has 0 aromatic heterocycles. The molecule has 0 bridgehead atoms. The predicted octanol–water partition coefficient (Wildman–Crippen LogP) is 6.83. The molecule has 3 rings (SSSR count). The molecule has 0 aliphatic rings. The first-order valence-corrected chi connectivity index (χ1v) is 11.8. The van der Waals surface area contributed by atoms with Crippen molar-refractivity contribution in [3.8, 4) is 11.5 Å². The van der Waals surface area contributed by atoms with Crippen LogP contribution in [0.1, 0.15) is 29.7 Å². The van der Waals surface area contributed by atoms with Crippen LogP contribution in [0.25, 0.3) is 0 Å². The fourth-order valence-corrected chi connectivity index (χ4v) is 4.31. The average molecular weight is 509 g/mol. The maximum atomic E-state index is 11.0. The van der Waals surface area contributed by atoms with Gasteiger partial charge in [0, 0.05) is 24.2 Å². The summed E-state index contributed by atoms with van der Waals surface area (Å²) in [6.07, 6.45) is 0.0588. The van der Waals surface area contributed by atoms with Crippen LogP contribution >= 0.6 is 34.8 Å². The number of hydrogen-bond donors (Lipinski definition) is 1. The molecule has 1 N–H and O–H groups in total. The summed E-state index contributed by atoms with van der Waals surface area (Å²) in [5, 5.41) is 12.6. The lowest BCUT2D eigenvalue weighted by atomic mass is 10.0. The Balaban J connectivity index is 1.83. The van der Waals surface area contributed by atoms with Gasteiger partial charge in [-0.1, -0.05) is 59.1 Å². The molecule has 7 heteroatoms. The second-order valence-corrected chi connectivity index (χ2v) is 9.24. The van der Waals surface area contributed by atoms with E-state index in [1.165, 1.54) is 0 Å². The highest BCUT2D eigenvalue weighted by atomic mass is 35.5. The van der Waals surface area contributed by atoms with Gasteiger partial charge in [-0.05, 0) is 66.4 Å². The molecule has 33 heavy (non-hydrogen) atoms. The quantitative estimate of drug-likeness (QED) is 0.326. The Bertz CT molecular complexity index is 1080. The molecule has 4 nitrogen and oxygen atoms in total. The first-order chi connectivity index (χ1) is 15.8. The zero-order valence-electron chi connectivity index (χ0n) is 18.9. The van der Waals surface area contributed by atoms with Gasteiger partial charge < -0.3 is 14.6 Å². The molecule has 0 fully saturated rings. The van der Waals surface area contributed by atoms with Gasteiger partial charge in [-0.25, -0.2) is 0 Å². The highest BCUT2D eigenvalue weighted by molar-refractivity contribution is 6.42. The molecule has 3 aromatic rings. The molecule has 3 aromatic carbocycles. The Kier molecular flexibility index (Phi) is 9.30. The molecule has 0 amide bonds. The van der Waals surface area contributed by atoms with E-state index >= 15 is 0 Å². The van der Waals surface area contributed by atoms with Gasteiger partial charge >= 0.3 is 0 Å². The summed E-state index contributed by atoms with van der Waals surface area (Å²) in [6, 6.07) is 19.0. The van der Waals surface area contributed by atoms with E-state index in [0.29, 0.717) is 39.7 Å². The molecule has 176 valence electrons. The first kappa shape index (κ1) is 25.7. The minimum Gasteiger partial charge on any atom is -0.493 e. The molecule has 1 unspecified atom stereocenters. The maximum absolute atomic E-state index is 11.0. The zero-order valence-corrected chi connectivity index (χ0v) is 21.2. The van der Waals surface area contributed by atoms with E-state index in [-0.39, 0.29) is 6.04 Å². The highest BCUT2D eigenvalue weighted by Gasteiger charge is 2.21. The standard InChI is InChI=1S/C26H28Cl3NO3/c1-17(11-18-8-10-25(32-2)26(13-18)33-3)30(15-19-7-9-22(28)23(29)12-19)16-24(31)20-5-4-6-21(27)14-20/h4-10,12-14,17,24,31H,11,15-16H2,1-3H3/t17?,24-/m0/s1. The molecule has 2 atom stereocenters. The molecular formula is C26H28Cl3NO3. The molecule has 0 saturated carbocycles. The van der Waals surface area contributed by atoms with Crippen molar-refractivity contribution in [3.05, 3.63) is 92.4 Å². The number of aliphatic hydroxyl groups is 1. The second kappa shape index (κ2) is 12.0. The Morgan fingerprint density at radius 3 is 2.24 bits per heavy atom. The van der Waals surface area contributed by atoms with E-state index < -0.39 is 6.10 Å². The summed E-state index contributed by atoms with van der Waals surface area (Å²) in [6.45, 7) is 3.16. The molecule has 0 radical (unpaired) electrons. The van der Waals surface area contributed by atoms with E-state index in [9.17, 15) is 5.11 Å². The van der Waals surface area contributed by atoms with Crippen molar-refractivity contribution in [1.82, 2.24) is 4.90 Å². The van der Waals surface area contributed by atoms with Crippen molar-refractivity contribution in [2.24, 2.45) is 0 Å². The lowest BCUT2D eigenvalue weighted by molar-refractivity contribution is 0.0859. The first-order valence-electron chi connectivity index (χ1n) is 10.6. The number of benzene rings is 3. The molecule has 0 saturated heterocycles. The number of nitrogens with zero attached hydrogens (tertiary/aromatic N) is 1. The summed E-state index contributed by atoms with van der Waals surface area (Å²) < 4.78 is 10.8. The van der Waals surface area contributed by atoms with Crippen LogP contribution in [-0.2, 0) is 13.0 Å². The molecular weight excluding hydrogens is 481 g/mol. The van der Waals surface area contributed by atoms with Crippen molar-refractivity contribution in [2.75, 3.05) is 20.8 Å². The summed E-state index contributed by atoms with van der Waals surface area (Å²) in [5.41, 5.74) is 2.90. The summed E-state index contributed by atoms with van der Waals surface area (Å²) in [5.74, 6) is 1.38. The maximum Gasteiger partial charge on any atom is 0.160 e. The lowest BCUT2D eigenvalue weighted by Gasteiger charge is -2.31. The van der Waals surface area contributed by atoms with Crippen LogP contribution < -0.4 is 9.47 Å². The fraction of sp³-hybridized carbons (Fsp3) is 0.308. The minimum absolute atomic E-state index is 0.103. The molecule has 0 aliphatic heterocycles. The van der Waals surface area contributed by atoms with Crippen LogP contribution in [0.2, 0.25) is 15.1 Å². The third kappa shape index (κ3) is 7.02. The smallest absolute Gasteiger partial charge is 0.160 e. The SMILES string of the molecule is COc1ccc(CC(C)N(Cc2ccc(Cl)c(Cl)c2)C[C@H](O)c2cccc(Cl)c2)cc1OC. The number of halogens is 3. The van der Waals surface area contributed by atoms with Crippen molar-refractivity contribution < 1.29 is 14.6 Å². The van der Waals surface area contributed by atoms with Gasteiger partial charge in [0.25, 0.3) is 0 Å². The van der Waals surface area contributed by atoms with E-state index in [0.717, 1.165) is 23.1 Å². The summed E-state index contributed by atoms with van der Waals surface area (Å²) in [4.78, 5) is 2.22. The van der Waals surface area contributed by atoms with E-state index in [2.05, 4.69) is 11.8 Å². The largest absolute Gasteiger partial charge is 0.493 e. The van der Waals surface area contributed by atoms with E-state index in [1.807, 2.05) is 42.5 Å². The third-order valence-electron chi connectivity index (χ3n) is 5.61. The van der Waals surface area contributed by atoms with Gasteiger partial charge in [0.15, 0.2) is 11.5 Å². The van der Waals surface area contributed by atoms with Crippen LogP contribution in [0.5, 0.6) is 11.5 Å². The number of methoxy groups -OCH3 is 2. The molecule has 0 heterocycles. The van der Waals surface area contributed by atoms with Crippen LogP contribution in [0.3, 0.4) is 0 Å². The van der Waals surface area contributed by atoms with E-state index in [4.69, 9.17) is 44.3 Å². The van der Waals surface area contributed by atoms with E-state index in [1.54, 1.807) is 32.4 Å². The van der Waals surface area contributed by atoms with Crippen molar-refractivity contribution in [1.29, 1.82) is 0 Å². The van der Waals surface area contributed by atoms with Crippen molar-refractivity contribution >= 4 is 34.8 Å². The normalized spacial score (nSPS) is 13.1. The van der Waals surface area contributed by atoms with Crippen LogP contribution in [0, 0.1) is 0 Å². The number of rotatable bonds is 10. The second-order valence-electron chi connectivity index (χ2n) is 7.99. The van der Waals surface area contributed by atoms with Gasteiger partial charge in [0.2, 0.25) is 0 Å². The highest BCUT2D eigenvalue weighted by Crippen LogP contribution is 2.29. The van der Waals surface area contributed by atoms with Crippen LogP contribution in [0.15, 0.2) is 60.7 Å². The molecule has 0 aliphatic carbocycles. The fourth-order valence-electron chi connectivity index (χ4n) is 3.79. The Morgan fingerprint density at radius 1 is 0.848 bits per heavy atom. The topological polar surface area (TPSA) is 41.9 Å². The summed E-state index contributed by atoms with van der Waals surface area (Å²) >= 11 is 18.5. The van der Waals surface area contributed by atoms with Gasteiger partial charge in [0.1, 0.15) is 0 Å². The van der Waals surface area contributed by atoms with Gasteiger partial charge in [-0.3, -0.25) is 4.90 Å². The van der Waals surface area contributed by atoms with Gasteiger partial charge in [-0.15, -0.1) is 0 Å². The Labute approximate surface area is 210 Å². The van der Waals surface area contributed by atoms with Crippen molar-refractivity contribution in [2.45, 2.75) is 32.0 Å². The van der Waals surface area contributed by atoms with Crippen molar-refractivity contribution in [3.63, 3.8) is 0 Å². The van der Waals surface area contributed by atoms with Gasteiger partial charge in [-0.2, -0.15) is 0 Å². The number of ether oxygens (including phenoxy) is 2. The summed E-state index contributed by atoms with van der Waals surface area (Å²) in [7, 11) is 3.25. The average Bonchev–Trinajstić information content (AvgIpc) is 2.80. The van der Waals surface area contributed by atoms with Gasteiger partial charge in [0.05, 0.1) is 30.4 Å². The van der Waals surface area contributed by atoms with Crippen LogP contribution in [-0.4, -0.2) is 36.8 Å². The predicted molar refractivity (Wildman–Crippen MR) is 136 cm³/mol. The number of hydrogen-bond acceptors (Lipinski definition) is 4. The monoisotopic (exact) mass is 507 g/mol. The Morgan fingerprint density at radius 2 is 1.58 bits per heavy atom. The Hall–Kier alpha value is -1.95.